The maximum Gasteiger partial charge on any atom is 0.335 e. The fraction of sp³-hybridized carbons (Fsp3) is 0.0952. The molecule has 0 N–H and O–H groups in total. The van der Waals surface area contributed by atoms with Crippen LogP contribution in [0, 0.1) is 0 Å². The summed E-state index contributed by atoms with van der Waals surface area (Å²) in [7, 11) is 0. The Balaban J connectivity index is 1.93. The summed E-state index contributed by atoms with van der Waals surface area (Å²) in [6.45, 7) is 1.84. The summed E-state index contributed by atoms with van der Waals surface area (Å²) in [5.74, 6) is -0.234. The molecule has 0 amide bonds. The van der Waals surface area contributed by atoms with Gasteiger partial charge in [0.1, 0.15) is 0 Å². The highest BCUT2D eigenvalue weighted by atomic mass is 16.5. The number of ether oxygens (including phenoxy) is 1. The Kier molecular flexibility index (Phi) is 3.23. The highest BCUT2D eigenvalue weighted by Gasteiger charge is 2.34. The van der Waals surface area contributed by atoms with Gasteiger partial charge in [-0.25, -0.2) is 4.79 Å². The first-order valence-electron chi connectivity index (χ1n) is 7.70. The zero-order chi connectivity index (χ0) is 15.8. The number of hydrogen-bond donors (Lipinski definition) is 0. The van der Waals surface area contributed by atoms with Gasteiger partial charge in [-0.2, -0.15) is 0 Å². The van der Waals surface area contributed by atoms with E-state index in [0.717, 1.165) is 27.5 Å². The van der Waals surface area contributed by atoms with E-state index in [1.54, 1.807) is 0 Å². The smallest absolute Gasteiger partial charge is 0.335 e. The van der Waals surface area contributed by atoms with Crippen molar-refractivity contribution in [3.63, 3.8) is 0 Å². The molecule has 3 aromatic rings. The molecule has 0 aliphatic carbocycles. The molecule has 3 aromatic carbocycles. The molecule has 0 saturated carbocycles. The number of cyclic esters (lactones) is 1. The van der Waals surface area contributed by atoms with Crippen LogP contribution in [0.4, 0.5) is 0 Å². The number of esters is 1. The SMILES string of the molecule is CC1=C(c2ccccc2)C(c2cccc3ccccc23)OC1=O. The van der Waals surface area contributed by atoms with Crippen molar-refractivity contribution in [2.45, 2.75) is 13.0 Å². The molecule has 1 aliphatic heterocycles. The van der Waals surface area contributed by atoms with E-state index in [9.17, 15) is 4.79 Å². The summed E-state index contributed by atoms with van der Waals surface area (Å²) in [6, 6.07) is 24.3. The lowest BCUT2D eigenvalue weighted by molar-refractivity contribution is -0.139. The van der Waals surface area contributed by atoms with Crippen LogP contribution < -0.4 is 0 Å². The largest absolute Gasteiger partial charge is 0.449 e. The second-order valence-corrected chi connectivity index (χ2v) is 5.76. The van der Waals surface area contributed by atoms with Gasteiger partial charge in [-0.05, 0) is 23.3 Å². The van der Waals surface area contributed by atoms with Crippen LogP contribution in [0.1, 0.15) is 24.2 Å². The van der Waals surface area contributed by atoms with Crippen molar-refractivity contribution in [2.75, 3.05) is 0 Å². The second kappa shape index (κ2) is 5.40. The summed E-state index contributed by atoms with van der Waals surface area (Å²) < 4.78 is 5.72. The standard InChI is InChI=1S/C21H16O2/c1-14-19(16-9-3-2-4-10-16)20(23-21(14)22)18-13-7-11-15-8-5-6-12-17(15)18/h2-13,20H,1H3. The van der Waals surface area contributed by atoms with Gasteiger partial charge in [0, 0.05) is 16.7 Å². The van der Waals surface area contributed by atoms with E-state index < -0.39 is 0 Å². The molecular weight excluding hydrogens is 284 g/mol. The van der Waals surface area contributed by atoms with Gasteiger partial charge in [-0.1, -0.05) is 72.8 Å². The predicted molar refractivity (Wildman–Crippen MR) is 91.8 cm³/mol. The molecule has 1 aliphatic rings. The molecule has 2 nitrogen and oxygen atoms in total. The predicted octanol–water partition coefficient (Wildman–Crippen LogP) is 4.91. The molecular formula is C21H16O2. The third-order valence-corrected chi connectivity index (χ3v) is 4.39. The van der Waals surface area contributed by atoms with Gasteiger partial charge in [-0.15, -0.1) is 0 Å². The Bertz CT molecular complexity index is 917. The summed E-state index contributed by atoms with van der Waals surface area (Å²) in [6.07, 6.45) is -0.351. The third-order valence-electron chi connectivity index (χ3n) is 4.39. The van der Waals surface area contributed by atoms with Crippen molar-refractivity contribution in [1.29, 1.82) is 0 Å². The Hall–Kier alpha value is -2.87. The summed E-state index contributed by atoms with van der Waals surface area (Å²) in [5, 5.41) is 2.27. The molecule has 1 unspecified atom stereocenters. The van der Waals surface area contributed by atoms with Gasteiger partial charge in [0.25, 0.3) is 0 Å². The second-order valence-electron chi connectivity index (χ2n) is 5.76. The molecule has 2 heteroatoms. The molecule has 0 fully saturated rings. The molecule has 0 saturated heterocycles. The number of carbonyl (C=O) groups is 1. The van der Waals surface area contributed by atoms with Gasteiger partial charge >= 0.3 is 5.97 Å². The van der Waals surface area contributed by atoms with Crippen molar-refractivity contribution in [3.05, 3.63) is 89.5 Å². The van der Waals surface area contributed by atoms with Gasteiger partial charge in [0.05, 0.1) is 0 Å². The first-order valence-corrected chi connectivity index (χ1v) is 7.70. The molecule has 4 rings (SSSR count). The van der Waals surface area contributed by atoms with Gasteiger partial charge < -0.3 is 4.74 Å². The minimum absolute atomic E-state index is 0.234. The monoisotopic (exact) mass is 300 g/mol. The fourth-order valence-electron chi connectivity index (χ4n) is 3.24. The molecule has 1 atom stereocenters. The molecule has 0 spiro atoms. The van der Waals surface area contributed by atoms with Crippen LogP contribution in [0.15, 0.2) is 78.4 Å². The van der Waals surface area contributed by atoms with E-state index in [-0.39, 0.29) is 12.1 Å². The zero-order valence-electron chi connectivity index (χ0n) is 12.8. The van der Waals surface area contributed by atoms with Crippen molar-refractivity contribution in [1.82, 2.24) is 0 Å². The molecule has 112 valence electrons. The average molecular weight is 300 g/mol. The Morgan fingerprint density at radius 3 is 2.35 bits per heavy atom. The van der Waals surface area contributed by atoms with Crippen LogP contribution in [0.25, 0.3) is 16.3 Å². The van der Waals surface area contributed by atoms with E-state index in [1.807, 2.05) is 61.5 Å². The maximum atomic E-state index is 12.2. The van der Waals surface area contributed by atoms with Gasteiger partial charge in [0.2, 0.25) is 0 Å². The lowest BCUT2D eigenvalue weighted by Gasteiger charge is -2.17. The minimum atomic E-state index is -0.351. The van der Waals surface area contributed by atoms with Crippen molar-refractivity contribution < 1.29 is 9.53 Å². The highest BCUT2D eigenvalue weighted by molar-refractivity contribution is 6.03. The number of rotatable bonds is 2. The van der Waals surface area contributed by atoms with Gasteiger partial charge in [0.15, 0.2) is 6.10 Å². The lowest BCUT2D eigenvalue weighted by atomic mass is 9.91. The van der Waals surface area contributed by atoms with Crippen LogP contribution in [-0.4, -0.2) is 5.97 Å². The van der Waals surface area contributed by atoms with Gasteiger partial charge in [-0.3, -0.25) is 0 Å². The van der Waals surface area contributed by atoms with Crippen molar-refractivity contribution in [3.8, 4) is 0 Å². The van der Waals surface area contributed by atoms with Crippen LogP contribution in [0.2, 0.25) is 0 Å². The van der Waals surface area contributed by atoms with E-state index in [1.165, 1.54) is 0 Å². The lowest BCUT2D eigenvalue weighted by Crippen LogP contribution is -2.04. The van der Waals surface area contributed by atoms with Crippen molar-refractivity contribution >= 4 is 22.3 Å². The zero-order valence-corrected chi connectivity index (χ0v) is 12.8. The Labute approximate surface area is 135 Å². The number of benzene rings is 3. The highest BCUT2D eigenvalue weighted by Crippen LogP contribution is 2.43. The Morgan fingerprint density at radius 1 is 0.826 bits per heavy atom. The van der Waals surface area contributed by atoms with Crippen LogP contribution >= 0.6 is 0 Å². The molecule has 0 bridgehead atoms. The fourth-order valence-corrected chi connectivity index (χ4v) is 3.24. The normalized spacial score (nSPS) is 17.6. The minimum Gasteiger partial charge on any atom is -0.449 e. The maximum absolute atomic E-state index is 12.2. The summed E-state index contributed by atoms with van der Waals surface area (Å²) in [5.41, 5.74) is 3.72. The van der Waals surface area contributed by atoms with Crippen LogP contribution in [-0.2, 0) is 9.53 Å². The molecule has 1 heterocycles. The quantitative estimate of drug-likeness (QED) is 0.628. The number of fused-ring (bicyclic) bond motifs is 1. The summed E-state index contributed by atoms with van der Waals surface area (Å²) in [4.78, 5) is 12.2. The molecule has 23 heavy (non-hydrogen) atoms. The molecule has 0 aromatic heterocycles. The summed E-state index contributed by atoms with van der Waals surface area (Å²) >= 11 is 0. The van der Waals surface area contributed by atoms with Crippen LogP contribution in [0.5, 0.6) is 0 Å². The van der Waals surface area contributed by atoms with Crippen LogP contribution in [0.3, 0.4) is 0 Å². The number of hydrogen-bond acceptors (Lipinski definition) is 2. The van der Waals surface area contributed by atoms with E-state index >= 15 is 0 Å². The average Bonchev–Trinajstić information content (AvgIpc) is 2.90. The number of carbonyl (C=O) groups excluding carboxylic acids is 1. The van der Waals surface area contributed by atoms with E-state index in [2.05, 4.69) is 18.2 Å². The molecule has 0 radical (unpaired) electrons. The first-order chi connectivity index (χ1) is 11.3. The van der Waals surface area contributed by atoms with E-state index in [0.29, 0.717) is 5.57 Å². The Morgan fingerprint density at radius 2 is 1.52 bits per heavy atom. The first kappa shape index (κ1) is 13.8. The van der Waals surface area contributed by atoms with Crippen molar-refractivity contribution in [2.24, 2.45) is 0 Å². The third kappa shape index (κ3) is 2.23. The van der Waals surface area contributed by atoms with E-state index in [4.69, 9.17) is 4.74 Å². The topological polar surface area (TPSA) is 26.3 Å².